The van der Waals surface area contributed by atoms with Gasteiger partial charge in [0, 0.05) is 71.3 Å². The summed E-state index contributed by atoms with van der Waals surface area (Å²) in [6.45, 7) is 4.68. The fourth-order valence-electron chi connectivity index (χ4n) is 20.0. The molecule has 0 amide bonds. The largest absolute Gasteiger partial charge is 0.309 e. The minimum absolute atomic E-state index is 0.0141. The lowest BCUT2D eigenvalue weighted by atomic mass is 9.67. The summed E-state index contributed by atoms with van der Waals surface area (Å²) in [4.78, 5) is 0. The molecule has 4 aromatic heterocycles. The van der Waals surface area contributed by atoms with Crippen LogP contribution in [-0.4, -0.2) is 18.3 Å². The van der Waals surface area contributed by atoms with Crippen LogP contribution < -0.4 is 0 Å². The molecule has 116 heavy (non-hydrogen) atoms. The van der Waals surface area contributed by atoms with Crippen molar-refractivity contribution in [1.82, 2.24) is 18.3 Å². The zero-order chi connectivity index (χ0) is 76.7. The molecule has 0 saturated heterocycles. The molecular weight excluding hydrogens is 1400 g/mol. The molecule has 4 heteroatoms. The smallest absolute Gasteiger partial charge is 0.0713 e. The first-order valence-electron chi connectivity index (χ1n) is 40.4. The Balaban J connectivity index is 0.000000139. The second-order valence-electron chi connectivity index (χ2n) is 31.8. The van der Waals surface area contributed by atoms with Gasteiger partial charge in [0.1, 0.15) is 0 Å². The lowest BCUT2D eigenvalue weighted by Gasteiger charge is -2.33. The molecule has 24 rings (SSSR count). The molecule has 2 aliphatic rings. The van der Waals surface area contributed by atoms with Crippen molar-refractivity contribution in [1.29, 1.82) is 0 Å². The first-order valence-corrected chi connectivity index (χ1v) is 40.4. The average molecular weight is 1480 g/mol. The van der Waals surface area contributed by atoms with Crippen LogP contribution in [0.3, 0.4) is 0 Å². The summed E-state index contributed by atoms with van der Waals surface area (Å²) in [6, 6.07) is 156. The molecule has 0 aliphatic heterocycles. The predicted molar refractivity (Wildman–Crippen MR) is 487 cm³/mol. The van der Waals surface area contributed by atoms with Crippen molar-refractivity contribution in [2.75, 3.05) is 0 Å². The van der Waals surface area contributed by atoms with E-state index in [1.54, 1.807) is 0 Å². The number of nitrogens with zero attached hydrogens (tertiary/aromatic N) is 4. The normalized spacial score (nSPS) is 13.1. The minimum Gasteiger partial charge on any atom is -0.309 e. The molecule has 0 spiro atoms. The topological polar surface area (TPSA) is 19.7 Å². The van der Waals surface area contributed by atoms with E-state index >= 15 is 0 Å². The quantitative estimate of drug-likeness (QED) is 0.130. The first-order chi connectivity index (χ1) is 57.3. The van der Waals surface area contributed by atoms with E-state index in [4.69, 9.17) is 0 Å². The van der Waals surface area contributed by atoms with Gasteiger partial charge < -0.3 is 18.3 Å². The molecule has 0 unspecified atom stereocenters. The van der Waals surface area contributed by atoms with Crippen molar-refractivity contribution in [3.63, 3.8) is 0 Å². The van der Waals surface area contributed by atoms with Gasteiger partial charge in [0.2, 0.25) is 0 Å². The molecule has 0 radical (unpaired) electrons. The van der Waals surface area contributed by atoms with Gasteiger partial charge in [0.05, 0.1) is 49.5 Å². The van der Waals surface area contributed by atoms with Gasteiger partial charge in [-0.1, -0.05) is 305 Å². The van der Waals surface area contributed by atoms with Crippen molar-refractivity contribution in [2.45, 2.75) is 24.7 Å². The summed E-state index contributed by atoms with van der Waals surface area (Å²) in [7, 11) is 0. The van der Waals surface area contributed by atoms with Crippen LogP contribution in [-0.2, 0) is 10.8 Å². The minimum atomic E-state index is -0.400. The van der Waals surface area contributed by atoms with Crippen LogP contribution in [0, 0.1) is 0 Å². The Morgan fingerprint density at radius 2 is 0.405 bits per heavy atom. The maximum Gasteiger partial charge on any atom is 0.0713 e. The monoisotopic (exact) mass is 1480 g/mol. The number of rotatable bonds is 10. The third-order valence-electron chi connectivity index (χ3n) is 25.3. The molecule has 0 N–H and O–H groups in total. The SMILES string of the molecule is CC1(C)c2ccccc2-c2cc(-c3ccc(-n4c5ccccc5c5cc(-c6ccc7c(c6)c6ccccc6n7-c6ccccc6)ccc54)cc3)ccc21.c1ccc(-n2c3ccccc3c3cc(-c4ccc5c(c4)c4ccccc4n5-c4ccc(-c5ccc6c(c5)-c5ccccc5C6(c5ccccc5)c5ccccc5)cc4)ccc32)cc1. The second kappa shape index (κ2) is 26.4. The van der Waals surface area contributed by atoms with Crippen molar-refractivity contribution >= 4 is 87.2 Å². The van der Waals surface area contributed by atoms with Crippen LogP contribution >= 0.6 is 0 Å². The summed E-state index contributed by atoms with van der Waals surface area (Å²) in [5.74, 6) is 0. The van der Waals surface area contributed by atoms with E-state index in [2.05, 4.69) is 457 Å². The van der Waals surface area contributed by atoms with E-state index in [-0.39, 0.29) is 5.41 Å². The van der Waals surface area contributed by atoms with E-state index in [0.717, 1.165) is 11.4 Å². The van der Waals surface area contributed by atoms with Crippen LogP contribution in [0.4, 0.5) is 0 Å². The van der Waals surface area contributed by atoms with Crippen LogP contribution in [0.2, 0.25) is 0 Å². The van der Waals surface area contributed by atoms with Crippen molar-refractivity contribution in [3.05, 3.63) is 458 Å². The number of hydrogen-bond donors (Lipinski definition) is 0. The number of benzene rings is 18. The van der Waals surface area contributed by atoms with Crippen molar-refractivity contribution < 1.29 is 0 Å². The number of hydrogen-bond acceptors (Lipinski definition) is 0. The Morgan fingerprint density at radius 3 is 0.784 bits per heavy atom. The van der Waals surface area contributed by atoms with Gasteiger partial charge in [0.15, 0.2) is 0 Å². The van der Waals surface area contributed by atoms with E-state index in [9.17, 15) is 0 Å². The highest BCUT2D eigenvalue weighted by atomic mass is 15.0. The van der Waals surface area contributed by atoms with Crippen molar-refractivity contribution in [3.8, 4) is 89.5 Å². The molecule has 4 nitrogen and oxygen atoms in total. The molecule has 18 aromatic carbocycles. The highest BCUT2D eigenvalue weighted by Gasteiger charge is 2.46. The van der Waals surface area contributed by atoms with Crippen LogP contribution in [0.15, 0.2) is 425 Å². The van der Waals surface area contributed by atoms with E-state index in [0.29, 0.717) is 0 Å². The third kappa shape index (κ3) is 10.3. The van der Waals surface area contributed by atoms with Gasteiger partial charge in [-0.25, -0.2) is 0 Å². The van der Waals surface area contributed by atoms with Crippen LogP contribution in [0.1, 0.15) is 47.2 Å². The van der Waals surface area contributed by atoms with Gasteiger partial charge in [-0.3, -0.25) is 0 Å². The van der Waals surface area contributed by atoms with Crippen LogP contribution in [0.25, 0.3) is 177 Å². The number of fused-ring (bicyclic) bond motifs is 18. The van der Waals surface area contributed by atoms with Crippen LogP contribution in [0.5, 0.6) is 0 Å². The van der Waals surface area contributed by atoms with Crippen molar-refractivity contribution in [2.24, 2.45) is 0 Å². The molecule has 0 saturated carbocycles. The van der Waals surface area contributed by atoms with Gasteiger partial charge >= 0.3 is 0 Å². The number of para-hydroxylation sites is 6. The third-order valence-corrected chi connectivity index (χ3v) is 25.3. The summed E-state index contributed by atoms with van der Waals surface area (Å²) >= 11 is 0. The van der Waals surface area contributed by atoms with E-state index in [1.807, 2.05) is 0 Å². The van der Waals surface area contributed by atoms with E-state index in [1.165, 1.54) is 199 Å². The Hall–Kier alpha value is -14.8. The molecular formula is C112H76N4. The predicted octanol–water partition coefficient (Wildman–Crippen LogP) is 29.1. The molecule has 2 aliphatic carbocycles. The summed E-state index contributed by atoms with van der Waals surface area (Å²) in [5.41, 5.74) is 37.0. The Labute approximate surface area is 673 Å². The molecule has 22 aromatic rings. The lowest BCUT2D eigenvalue weighted by molar-refractivity contribution is 0.660. The summed E-state index contributed by atoms with van der Waals surface area (Å²) < 4.78 is 9.58. The molecule has 0 atom stereocenters. The highest BCUT2D eigenvalue weighted by Crippen LogP contribution is 2.57. The van der Waals surface area contributed by atoms with Gasteiger partial charge in [-0.2, -0.15) is 0 Å². The Kier molecular flexibility index (Phi) is 15.2. The maximum atomic E-state index is 2.42. The molecule has 0 fully saturated rings. The molecule has 544 valence electrons. The second-order valence-corrected chi connectivity index (χ2v) is 31.8. The zero-order valence-corrected chi connectivity index (χ0v) is 64.2. The molecule has 0 bridgehead atoms. The average Bonchev–Trinajstić information content (AvgIpc) is 1.53. The van der Waals surface area contributed by atoms with Gasteiger partial charge in [-0.15, -0.1) is 0 Å². The fourth-order valence-corrected chi connectivity index (χ4v) is 20.0. The van der Waals surface area contributed by atoms with Gasteiger partial charge in [0.25, 0.3) is 0 Å². The Morgan fingerprint density at radius 1 is 0.164 bits per heavy atom. The standard InChI is InChI=1S/C61H40N2.C51H36N2/c1-4-16-45(17-5-1)61(46-18-6-2-7-19-46)55-25-13-10-22-49(55)52-38-42(30-35-56(52)61)41-28-33-48(34-29-41)63-58-27-15-12-24-51(58)54-40-44(32-37-60(54)63)43-31-36-59-53(39-43)50-23-11-14-26-57(50)62(59)47-20-8-3-9-21-47;1-51(2)45-17-9-6-14-39(45)42-30-34(22-27-46(42)51)33-20-25-38(26-21-33)53-48-19-11-8-16-41(48)44-32-36(24-29-50(44)53)35-23-28-49-43(31-35)40-15-7-10-18-47(40)52(49)37-12-4-3-5-13-37/h1-40H;3-32H,1-2H3. The highest BCUT2D eigenvalue weighted by molar-refractivity contribution is 6.15. The maximum absolute atomic E-state index is 2.42. The van der Waals surface area contributed by atoms with E-state index < -0.39 is 5.41 Å². The fraction of sp³-hybridized carbons (Fsp3) is 0.0357. The zero-order valence-electron chi connectivity index (χ0n) is 64.2. The Bertz CT molecular complexity index is 7640. The first kappa shape index (κ1) is 66.9. The lowest BCUT2D eigenvalue weighted by Crippen LogP contribution is -2.28. The molecule has 4 heterocycles. The summed E-state index contributed by atoms with van der Waals surface area (Å²) in [5, 5.41) is 10.1. The van der Waals surface area contributed by atoms with Gasteiger partial charge in [-0.05, 0) is 234 Å². The summed E-state index contributed by atoms with van der Waals surface area (Å²) in [6.07, 6.45) is 0. The number of aromatic nitrogens is 4.